The lowest BCUT2D eigenvalue weighted by Crippen LogP contribution is -1.76. The largest absolute Gasteiger partial charge is 0.143 e. The van der Waals surface area contributed by atoms with Crippen LogP contribution in [0.2, 0.25) is 0 Å². The summed E-state index contributed by atoms with van der Waals surface area (Å²) in [7, 11) is 0. The maximum Gasteiger partial charge on any atom is 0.0403 e. The lowest BCUT2D eigenvalue weighted by atomic mass is 10.5. The van der Waals surface area contributed by atoms with Crippen LogP contribution in [0.5, 0.6) is 0 Å². The SMILES string of the molecule is C=C(S/C=C\C)C(=C)SC(=C)c1cccs1.CC.CC. The second-order valence-electron chi connectivity index (χ2n) is 2.94. The van der Waals surface area contributed by atoms with Crippen LogP contribution in [-0.4, -0.2) is 0 Å². The lowest BCUT2D eigenvalue weighted by molar-refractivity contribution is 1.50. The summed E-state index contributed by atoms with van der Waals surface area (Å²) < 4.78 is 0. The van der Waals surface area contributed by atoms with E-state index in [0.717, 1.165) is 14.7 Å². The van der Waals surface area contributed by atoms with E-state index in [2.05, 4.69) is 25.8 Å². The molecular weight excluding hydrogens is 300 g/mol. The zero-order valence-corrected chi connectivity index (χ0v) is 15.7. The number of hydrogen-bond donors (Lipinski definition) is 0. The van der Waals surface area contributed by atoms with E-state index in [0.29, 0.717) is 0 Å². The fraction of sp³-hybridized carbons (Fsp3) is 0.294. The molecular formula is C17H26S3. The van der Waals surface area contributed by atoms with Gasteiger partial charge in [0.25, 0.3) is 0 Å². The summed E-state index contributed by atoms with van der Waals surface area (Å²) in [5.41, 5.74) is 0. The Hall–Kier alpha value is -0.640. The fourth-order valence-corrected chi connectivity index (χ4v) is 3.05. The van der Waals surface area contributed by atoms with Crippen molar-refractivity contribution >= 4 is 39.8 Å². The van der Waals surface area contributed by atoms with Gasteiger partial charge in [-0.15, -0.1) is 11.3 Å². The van der Waals surface area contributed by atoms with Gasteiger partial charge in [0.15, 0.2) is 0 Å². The van der Waals surface area contributed by atoms with Crippen molar-refractivity contribution in [3.8, 4) is 0 Å². The highest BCUT2D eigenvalue weighted by molar-refractivity contribution is 8.14. The Kier molecular flexibility index (Phi) is 16.0. The second-order valence-corrected chi connectivity index (χ2v) is 6.07. The van der Waals surface area contributed by atoms with Crippen molar-refractivity contribution in [3.63, 3.8) is 0 Å². The first-order valence-electron chi connectivity index (χ1n) is 6.71. The number of thiophene rings is 1. The molecule has 0 saturated heterocycles. The Morgan fingerprint density at radius 3 is 2.15 bits per heavy atom. The predicted octanol–water partition coefficient (Wildman–Crippen LogP) is 7.80. The molecule has 0 unspecified atom stereocenters. The van der Waals surface area contributed by atoms with Crippen molar-refractivity contribution in [2.75, 3.05) is 0 Å². The Labute approximate surface area is 137 Å². The van der Waals surface area contributed by atoms with Crippen molar-refractivity contribution in [1.29, 1.82) is 0 Å². The summed E-state index contributed by atoms with van der Waals surface area (Å²) in [6.07, 6.45) is 1.99. The average molecular weight is 327 g/mol. The van der Waals surface area contributed by atoms with E-state index >= 15 is 0 Å². The van der Waals surface area contributed by atoms with Crippen molar-refractivity contribution in [1.82, 2.24) is 0 Å². The van der Waals surface area contributed by atoms with Gasteiger partial charge in [0, 0.05) is 19.6 Å². The second kappa shape index (κ2) is 14.8. The fourth-order valence-electron chi connectivity index (χ4n) is 0.909. The number of hydrogen-bond acceptors (Lipinski definition) is 3. The van der Waals surface area contributed by atoms with Crippen LogP contribution in [0.15, 0.2) is 58.5 Å². The van der Waals surface area contributed by atoms with Gasteiger partial charge in [-0.2, -0.15) is 0 Å². The maximum atomic E-state index is 4.04. The Balaban J connectivity index is 0. The van der Waals surface area contributed by atoms with Crippen molar-refractivity contribution in [2.24, 2.45) is 0 Å². The first kappa shape index (κ1) is 21.7. The van der Waals surface area contributed by atoms with Gasteiger partial charge < -0.3 is 0 Å². The minimum absolute atomic E-state index is 0.960. The van der Waals surface area contributed by atoms with Gasteiger partial charge in [0.05, 0.1) is 0 Å². The first-order chi connectivity index (χ1) is 9.65. The summed E-state index contributed by atoms with van der Waals surface area (Å²) in [6.45, 7) is 22.0. The van der Waals surface area contributed by atoms with Crippen LogP contribution in [0.25, 0.3) is 4.91 Å². The van der Waals surface area contributed by atoms with E-state index in [-0.39, 0.29) is 0 Å². The Bertz CT molecular complexity index is 411. The van der Waals surface area contributed by atoms with Gasteiger partial charge in [-0.1, -0.05) is 83.1 Å². The van der Waals surface area contributed by atoms with E-state index in [1.165, 1.54) is 4.88 Å². The highest BCUT2D eigenvalue weighted by Crippen LogP contribution is 2.39. The molecule has 0 spiro atoms. The van der Waals surface area contributed by atoms with Gasteiger partial charge in [-0.25, -0.2) is 0 Å². The van der Waals surface area contributed by atoms with Crippen LogP contribution in [-0.2, 0) is 0 Å². The molecule has 1 aromatic heterocycles. The molecule has 0 N–H and O–H groups in total. The molecule has 0 fully saturated rings. The minimum Gasteiger partial charge on any atom is -0.143 e. The van der Waals surface area contributed by atoms with Crippen molar-refractivity contribution in [2.45, 2.75) is 34.6 Å². The quantitative estimate of drug-likeness (QED) is 0.489. The lowest BCUT2D eigenvalue weighted by Gasteiger charge is -2.07. The van der Waals surface area contributed by atoms with Gasteiger partial charge in [-0.3, -0.25) is 0 Å². The summed E-state index contributed by atoms with van der Waals surface area (Å²) in [4.78, 5) is 4.15. The molecule has 0 amide bonds. The molecule has 0 atom stereocenters. The smallest absolute Gasteiger partial charge is 0.0403 e. The van der Waals surface area contributed by atoms with E-state index in [1.54, 1.807) is 34.9 Å². The molecule has 0 saturated carbocycles. The molecule has 0 aliphatic rings. The number of allylic oxidation sites excluding steroid dienone is 1. The van der Waals surface area contributed by atoms with Crippen LogP contribution in [0.1, 0.15) is 39.5 Å². The monoisotopic (exact) mass is 326 g/mol. The molecule has 112 valence electrons. The maximum absolute atomic E-state index is 4.04. The molecule has 1 aromatic rings. The molecule has 1 heterocycles. The Morgan fingerprint density at radius 1 is 1.10 bits per heavy atom. The third-order valence-electron chi connectivity index (χ3n) is 1.70. The summed E-state index contributed by atoms with van der Waals surface area (Å²) >= 11 is 4.86. The van der Waals surface area contributed by atoms with Gasteiger partial charge in [0.2, 0.25) is 0 Å². The zero-order valence-electron chi connectivity index (χ0n) is 13.2. The molecule has 0 aliphatic heterocycles. The van der Waals surface area contributed by atoms with Gasteiger partial charge in [-0.05, 0) is 23.8 Å². The van der Waals surface area contributed by atoms with Crippen LogP contribution in [0.3, 0.4) is 0 Å². The number of rotatable bonds is 6. The van der Waals surface area contributed by atoms with Crippen molar-refractivity contribution in [3.05, 3.63) is 63.4 Å². The predicted molar refractivity (Wildman–Crippen MR) is 104 cm³/mol. The molecule has 0 aromatic carbocycles. The molecule has 1 rings (SSSR count). The van der Waals surface area contributed by atoms with Crippen molar-refractivity contribution < 1.29 is 0 Å². The highest BCUT2D eigenvalue weighted by Gasteiger charge is 2.06. The third-order valence-corrected chi connectivity index (χ3v) is 4.79. The highest BCUT2D eigenvalue weighted by atomic mass is 32.2. The normalized spacial score (nSPS) is 9.05. The summed E-state index contributed by atoms with van der Waals surface area (Å²) in [5.74, 6) is 0. The van der Waals surface area contributed by atoms with Crippen LogP contribution < -0.4 is 0 Å². The number of thioether (sulfide) groups is 2. The Morgan fingerprint density at radius 2 is 1.70 bits per heavy atom. The molecule has 3 heteroatoms. The molecule has 0 bridgehead atoms. The standard InChI is InChI=1S/C13H14S3.2C2H6/c1-5-8-14-10(2)11(3)16-12(4)13-7-6-9-15-13;2*1-2/h5-9H,2-4H2,1H3;2*1-2H3/b8-5-;;. The molecule has 20 heavy (non-hydrogen) atoms. The van der Waals surface area contributed by atoms with Crippen LogP contribution >= 0.6 is 34.9 Å². The molecule has 0 aliphatic carbocycles. The average Bonchev–Trinajstić information content (AvgIpc) is 3.03. The topological polar surface area (TPSA) is 0 Å². The van der Waals surface area contributed by atoms with Crippen LogP contribution in [0, 0.1) is 0 Å². The van der Waals surface area contributed by atoms with E-state index in [9.17, 15) is 0 Å². The molecule has 0 radical (unpaired) electrons. The summed E-state index contributed by atoms with van der Waals surface area (Å²) in [5, 5.41) is 4.05. The zero-order chi connectivity index (χ0) is 16.0. The van der Waals surface area contributed by atoms with Gasteiger partial charge >= 0.3 is 0 Å². The minimum atomic E-state index is 0.960. The van der Waals surface area contributed by atoms with Crippen LogP contribution in [0.4, 0.5) is 0 Å². The van der Waals surface area contributed by atoms with Gasteiger partial charge in [0.1, 0.15) is 0 Å². The van der Waals surface area contributed by atoms with E-state index in [1.807, 2.05) is 57.5 Å². The first-order valence-corrected chi connectivity index (χ1v) is 9.29. The molecule has 0 nitrogen and oxygen atoms in total. The van der Waals surface area contributed by atoms with E-state index in [4.69, 9.17) is 0 Å². The van der Waals surface area contributed by atoms with E-state index < -0.39 is 0 Å². The summed E-state index contributed by atoms with van der Waals surface area (Å²) in [6, 6.07) is 4.09. The third kappa shape index (κ3) is 9.29.